The number of carboxylic acid groups (broad SMARTS) is 1. The Morgan fingerprint density at radius 1 is 1.11 bits per heavy atom. The summed E-state index contributed by atoms with van der Waals surface area (Å²) in [5.41, 5.74) is 3.45. The van der Waals surface area contributed by atoms with Crippen molar-refractivity contribution in [1.82, 2.24) is 14.7 Å². The lowest BCUT2D eigenvalue weighted by atomic mass is 10.1. The normalized spacial score (nSPS) is 10.9. The quantitative estimate of drug-likeness (QED) is 0.590. The minimum absolute atomic E-state index is 0.293. The third-order valence-corrected chi connectivity index (χ3v) is 4.61. The molecular formula is C21H18BrN3O3. The van der Waals surface area contributed by atoms with Crippen LogP contribution in [-0.2, 0) is 16.1 Å². The van der Waals surface area contributed by atoms with E-state index >= 15 is 0 Å². The maximum Gasteiger partial charge on any atom is 0.328 e. The standard InChI is InChI=1S/C21H18BrN3O3/c1-24(19(26)11-12-20(27)28)13-16-14-25(18-5-3-2-4-6-18)23-21(16)15-7-9-17(22)10-8-15/h2-12,14H,13H2,1H3,(H,27,28)/b12-11+. The fraction of sp³-hybridized carbons (Fsp3) is 0.0952. The molecule has 0 saturated heterocycles. The lowest BCUT2D eigenvalue weighted by Crippen LogP contribution is -2.24. The van der Waals surface area contributed by atoms with Gasteiger partial charge >= 0.3 is 5.97 Å². The summed E-state index contributed by atoms with van der Waals surface area (Å²) in [5, 5.41) is 13.4. The first-order valence-electron chi connectivity index (χ1n) is 8.50. The summed E-state index contributed by atoms with van der Waals surface area (Å²) in [7, 11) is 1.62. The molecule has 2 aromatic carbocycles. The van der Waals surface area contributed by atoms with Gasteiger partial charge in [-0.05, 0) is 24.3 Å². The lowest BCUT2D eigenvalue weighted by molar-refractivity contribution is -0.132. The molecule has 0 radical (unpaired) electrons. The number of carboxylic acids is 1. The van der Waals surface area contributed by atoms with Crippen molar-refractivity contribution < 1.29 is 14.7 Å². The van der Waals surface area contributed by atoms with Gasteiger partial charge in [-0.2, -0.15) is 5.10 Å². The number of benzene rings is 2. The van der Waals surface area contributed by atoms with Gasteiger partial charge in [-0.25, -0.2) is 9.48 Å². The van der Waals surface area contributed by atoms with Gasteiger partial charge in [-0.3, -0.25) is 4.79 Å². The first-order chi connectivity index (χ1) is 13.4. The van der Waals surface area contributed by atoms with Crippen LogP contribution in [0.3, 0.4) is 0 Å². The summed E-state index contributed by atoms with van der Waals surface area (Å²) in [6.45, 7) is 0.293. The third kappa shape index (κ3) is 4.75. The Morgan fingerprint density at radius 3 is 2.43 bits per heavy atom. The Balaban J connectivity index is 1.96. The van der Waals surface area contributed by atoms with E-state index in [1.165, 1.54) is 4.90 Å². The van der Waals surface area contributed by atoms with E-state index in [1.54, 1.807) is 11.7 Å². The van der Waals surface area contributed by atoms with Crippen LogP contribution in [0.2, 0.25) is 0 Å². The molecule has 0 aliphatic heterocycles. The second-order valence-electron chi connectivity index (χ2n) is 6.16. The molecule has 0 spiro atoms. The largest absolute Gasteiger partial charge is 0.478 e. The van der Waals surface area contributed by atoms with Crippen molar-refractivity contribution >= 4 is 27.8 Å². The molecule has 0 unspecified atom stereocenters. The van der Waals surface area contributed by atoms with Gasteiger partial charge in [0.2, 0.25) is 5.91 Å². The molecule has 3 rings (SSSR count). The molecule has 0 atom stereocenters. The number of hydrogen-bond donors (Lipinski definition) is 1. The summed E-state index contributed by atoms with van der Waals surface area (Å²) in [4.78, 5) is 24.3. The van der Waals surface area contributed by atoms with Gasteiger partial charge in [0, 0.05) is 47.5 Å². The molecule has 1 aromatic heterocycles. The highest BCUT2D eigenvalue weighted by Gasteiger charge is 2.16. The van der Waals surface area contributed by atoms with Crippen LogP contribution in [-0.4, -0.2) is 38.7 Å². The van der Waals surface area contributed by atoms with Gasteiger partial charge in [-0.1, -0.05) is 46.3 Å². The average molecular weight is 440 g/mol. The molecule has 0 bridgehead atoms. The summed E-state index contributed by atoms with van der Waals surface area (Å²) in [6, 6.07) is 17.5. The van der Waals surface area contributed by atoms with Crippen molar-refractivity contribution in [3.8, 4) is 16.9 Å². The van der Waals surface area contributed by atoms with Gasteiger partial charge in [-0.15, -0.1) is 0 Å². The number of aliphatic carboxylic acids is 1. The monoisotopic (exact) mass is 439 g/mol. The SMILES string of the molecule is CN(Cc1cn(-c2ccccc2)nc1-c1ccc(Br)cc1)C(=O)/C=C/C(=O)O. The fourth-order valence-electron chi connectivity index (χ4n) is 2.69. The van der Waals surface area contributed by atoms with Crippen LogP contribution in [0.4, 0.5) is 0 Å². The van der Waals surface area contributed by atoms with Crippen LogP contribution in [0.1, 0.15) is 5.56 Å². The van der Waals surface area contributed by atoms with E-state index in [0.717, 1.165) is 39.1 Å². The maximum atomic E-state index is 12.2. The number of halogens is 1. The van der Waals surface area contributed by atoms with E-state index < -0.39 is 11.9 Å². The van der Waals surface area contributed by atoms with Crippen molar-refractivity contribution in [1.29, 1.82) is 0 Å². The van der Waals surface area contributed by atoms with E-state index in [1.807, 2.05) is 60.8 Å². The smallest absolute Gasteiger partial charge is 0.328 e. The van der Waals surface area contributed by atoms with Crippen LogP contribution in [0.25, 0.3) is 16.9 Å². The molecule has 6 nitrogen and oxygen atoms in total. The van der Waals surface area contributed by atoms with Crippen LogP contribution in [0.15, 0.2) is 77.4 Å². The first-order valence-corrected chi connectivity index (χ1v) is 9.29. The number of nitrogens with zero attached hydrogens (tertiary/aromatic N) is 3. The summed E-state index contributed by atoms with van der Waals surface area (Å²) < 4.78 is 2.74. The number of aromatic nitrogens is 2. The summed E-state index contributed by atoms with van der Waals surface area (Å²) in [5.74, 6) is -1.55. The van der Waals surface area contributed by atoms with Crippen molar-refractivity contribution in [3.63, 3.8) is 0 Å². The second kappa shape index (κ2) is 8.67. The zero-order valence-corrected chi connectivity index (χ0v) is 16.7. The highest BCUT2D eigenvalue weighted by molar-refractivity contribution is 9.10. The molecule has 142 valence electrons. The van der Waals surface area contributed by atoms with Crippen LogP contribution < -0.4 is 0 Å². The van der Waals surface area contributed by atoms with E-state index in [-0.39, 0.29) is 0 Å². The Labute approximate surface area is 170 Å². The number of likely N-dealkylation sites (N-methyl/N-ethyl adjacent to an activating group) is 1. The topological polar surface area (TPSA) is 75.4 Å². The molecule has 28 heavy (non-hydrogen) atoms. The Bertz CT molecular complexity index is 1010. The van der Waals surface area contributed by atoms with Crippen LogP contribution >= 0.6 is 15.9 Å². The molecule has 0 saturated carbocycles. The average Bonchev–Trinajstić information content (AvgIpc) is 3.11. The molecule has 3 aromatic rings. The zero-order valence-electron chi connectivity index (χ0n) is 15.1. The molecule has 1 heterocycles. The molecule has 0 aliphatic rings. The maximum absolute atomic E-state index is 12.2. The molecule has 0 fully saturated rings. The van der Waals surface area contributed by atoms with E-state index in [2.05, 4.69) is 15.9 Å². The number of para-hydroxylation sites is 1. The number of carbonyl (C=O) groups excluding carboxylic acids is 1. The van der Waals surface area contributed by atoms with Crippen LogP contribution in [0, 0.1) is 0 Å². The lowest BCUT2D eigenvalue weighted by Gasteiger charge is -2.14. The Hall–Kier alpha value is -3.19. The number of amides is 1. The van der Waals surface area contributed by atoms with Crippen molar-refractivity contribution in [2.75, 3.05) is 7.05 Å². The van der Waals surface area contributed by atoms with Crippen molar-refractivity contribution in [2.24, 2.45) is 0 Å². The zero-order chi connectivity index (χ0) is 20.1. The number of hydrogen-bond acceptors (Lipinski definition) is 3. The summed E-state index contributed by atoms with van der Waals surface area (Å²) >= 11 is 3.43. The first kappa shape index (κ1) is 19.6. The predicted molar refractivity (Wildman–Crippen MR) is 110 cm³/mol. The summed E-state index contributed by atoms with van der Waals surface area (Å²) in [6.07, 6.45) is 3.77. The van der Waals surface area contributed by atoms with Gasteiger partial charge in [0.15, 0.2) is 0 Å². The van der Waals surface area contributed by atoms with Gasteiger partial charge < -0.3 is 10.0 Å². The molecular weight excluding hydrogens is 422 g/mol. The van der Waals surface area contributed by atoms with Crippen LogP contribution in [0.5, 0.6) is 0 Å². The Kier molecular flexibility index (Phi) is 6.06. The van der Waals surface area contributed by atoms with Gasteiger partial charge in [0.25, 0.3) is 0 Å². The van der Waals surface area contributed by atoms with E-state index in [0.29, 0.717) is 6.54 Å². The molecule has 1 N–H and O–H groups in total. The molecule has 0 aliphatic carbocycles. The third-order valence-electron chi connectivity index (χ3n) is 4.08. The highest BCUT2D eigenvalue weighted by atomic mass is 79.9. The van der Waals surface area contributed by atoms with E-state index in [9.17, 15) is 9.59 Å². The number of rotatable bonds is 6. The molecule has 1 amide bonds. The van der Waals surface area contributed by atoms with Gasteiger partial charge in [0.1, 0.15) is 0 Å². The minimum atomic E-state index is -1.16. The van der Waals surface area contributed by atoms with Gasteiger partial charge in [0.05, 0.1) is 11.4 Å². The number of carbonyl (C=O) groups is 2. The van der Waals surface area contributed by atoms with E-state index in [4.69, 9.17) is 10.2 Å². The van der Waals surface area contributed by atoms with Crippen molar-refractivity contribution in [3.05, 3.63) is 83.0 Å². The Morgan fingerprint density at radius 2 is 1.79 bits per heavy atom. The molecule has 7 heteroatoms. The fourth-order valence-corrected chi connectivity index (χ4v) is 2.96. The second-order valence-corrected chi connectivity index (χ2v) is 7.07. The highest BCUT2D eigenvalue weighted by Crippen LogP contribution is 2.26. The minimum Gasteiger partial charge on any atom is -0.478 e. The predicted octanol–water partition coefficient (Wildman–Crippen LogP) is 3.90. The van der Waals surface area contributed by atoms with Crippen molar-refractivity contribution in [2.45, 2.75) is 6.54 Å².